The van der Waals surface area contributed by atoms with Crippen molar-refractivity contribution in [3.05, 3.63) is 40.5 Å². The Bertz CT molecular complexity index is 1070. The van der Waals surface area contributed by atoms with Gasteiger partial charge in [0.2, 0.25) is 0 Å². The van der Waals surface area contributed by atoms with Crippen LogP contribution in [0.25, 0.3) is 5.57 Å². The number of hydrogen-bond acceptors (Lipinski definition) is 5. The Morgan fingerprint density at radius 3 is 2.65 bits per heavy atom. The van der Waals surface area contributed by atoms with E-state index < -0.39 is 5.60 Å². The molecule has 1 aromatic rings. The van der Waals surface area contributed by atoms with Crippen molar-refractivity contribution >= 4 is 24.9 Å². The van der Waals surface area contributed by atoms with Gasteiger partial charge in [-0.1, -0.05) is 26.0 Å². The number of hydrogen-bond donors (Lipinski definition) is 0. The number of esters is 1. The van der Waals surface area contributed by atoms with Crippen LogP contribution < -0.4 is 0 Å². The van der Waals surface area contributed by atoms with Crippen molar-refractivity contribution in [2.75, 3.05) is 6.54 Å². The highest BCUT2D eigenvalue weighted by Gasteiger charge is 2.67. The average molecular weight is 463 g/mol. The topological polar surface area (TPSA) is 57.1 Å². The molecule has 3 aliphatic carbocycles. The predicted molar refractivity (Wildman–Crippen MR) is 136 cm³/mol. The van der Waals surface area contributed by atoms with Crippen LogP contribution in [0.5, 0.6) is 0 Å². The molecule has 0 radical (unpaired) electrons. The van der Waals surface area contributed by atoms with Crippen molar-refractivity contribution in [1.82, 2.24) is 0 Å². The third-order valence-electron chi connectivity index (χ3n) is 8.82. The van der Waals surface area contributed by atoms with Crippen molar-refractivity contribution in [2.24, 2.45) is 22.2 Å². The fourth-order valence-electron chi connectivity index (χ4n) is 6.76. The van der Waals surface area contributed by atoms with Gasteiger partial charge in [-0.2, -0.15) is 0 Å². The maximum absolute atomic E-state index is 13.2. The van der Waals surface area contributed by atoms with Crippen molar-refractivity contribution in [3.63, 3.8) is 0 Å². The normalized spacial score (nSPS) is 31.2. The zero-order valence-corrected chi connectivity index (χ0v) is 21.7. The molecule has 1 saturated heterocycles. The molecule has 0 N–H and O–H groups in total. The molecule has 1 aromatic carbocycles. The van der Waals surface area contributed by atoms with Crippen molar-refractivity contribution in [2.45, 2.75) is 91.4 Å². The van der Waals surface area contributed by atoms with E-state index in [0.29, 0.717) is 23.4 Å². The first-order valence-electron chi connectivity index (χ1n) is 12.8. The van der Waals surface area contributed by atoms with Gasteiger partial charge < -0.3 is 14.0 Å². The van der Waals surface area contributed by atoms with E-state index in [1.165, 1.54) is 6.42 Å². The summed E-state index contributed by atoms with van der Waals surface area (Å²) in [6.45, 7) is 15.4. The first-order chi connectivity index (χ1) is 15.9. The molecule has 3 saturated carbocycles. The number of carbonyl (C=O) groups is 1. The highest BCUT2D eigenvalue weighted by molar-refractivity contribution is 6.45. The minimum Gasteiger partial charge on any atom is -0.456 e. The molecule has 0 amide bonds. The first-order valence-corrected chi connectivity index (χ1v) is 12.8. The summed E-state index contributed by atoms with van der Waals surface area (Å²) >= 11 is 0. The highest BCUT2D eigenvalue weighted by Crippen LogP contribution is 2.65. The number of ether oxygens (including phenoxy) is 1. The second-order valence-electron chi connectivity index (χ2n) is 12.4. The van der Waals surface area contributed by atoms with Gasteiger partial charge in [0.05, 0.1) is 23.8 Å². The Balaban J connectivity index is 1.35. The van der Waals surface area contributed by atoms with Gasteiger partial charge in [0.25, 0.3) is 0 Å². The molecule has 2 aliphatic heterocycles. The Morgan fingerprint density at radius 1 is 1.24 bits per heavy atom. The lowest BCUT2D eigenvalue weighted by Gasteiger charge is -2.64. The molecule has 34 heavy (non-hydrogen) atoms. The number of aryl methyl sites for hydroxylation is 1. The van der Waals surface area contributed by atoms with Crippen LogP contribution in [0.4, 0.5) is 0 Å². The van der Waals surface area contributed by atoms with E-state index >= 15 is 0 Å². The lowest BCUT2D eigenvalue weighted by molar-refractivity contribution is -0.199. The highest BCUT2D eigenvalue weighted by atomic mass is 16.7. The van der Waals surface area contributed by atoms with E-state index in [2.05, 4.69) is 37.9 Å². The smallest absolute Gasteiger partial charge is 0.456 e. The van der Waals surface area contributed by atoms with Crippen LogP contribution in [0, 0.1) is 24.2 Å². The molecule has 6 rings (SSSR count). The maximum Gasteiger partial charge on any atom is 0.457 e. The minimum absolute atomic E-state index is 0.182. The number of nitrogens with zero attached hydrogens (tertiary/aromatic N) is 1. The van der Waals surface area contributed by atoms with E-state index in [0.717, 1.165) is 47.3 Å². The van der Waals surface area contributed by atoms with Crippen LogP contribution in [-0.2, 0) is 20.5 Å². The van der Waals surface area contributed by atoms with E-state index in [9.17, 15) is 4.79 Å². The molecular weight excluding hydrogens is 425 g/mol. The molecular formula is C28H38BNO4. The minimum atomic E-state index is -0.553. The zero-order valence-electron chi connectivity index (χ0n) is 21.7. The lowest BCUT2D eigenvalue weighted by Crippen LogP contribution is -2.65. The summed E-state index contributed by atoms with van der Waals surface area (Å²) in [5, 5.41) is 0. The molecule has 0 spiro atoms. The van der Waals surface area contributed by atoms with E-state index in [1.807, 2.05) is 33.8 Å². The monoisotopic (exact) mass is 463 g/mol. The number of rotatable bonds is 5. The van der Waals surface area contributed by atoms with E-state index in [-0.39, 0.29) is 24.8 Å². The van der Waals surface area contributed by atoms with Crippen molar-refractivity contribution in [1.29, 1.82) is 0 Å². The van der Waals surface area contributed by atoms with Gasteiger partial charge in [-0.15, -0.1) is 0 Å². The number of carbonyl (C=O) groups excluding carboxylic acids is 1. The summed E-state index contributed by atoms with van der Waals surface area (Å²) < 4.78 is 18.8. The predicted octanol–water partition coefficient (Wildman–Crippen LogP) is 5.69. The third-order valence-corrected chi connectivity index (χ3v) is 8.82. The molecule has 4 fully saturated rings. The maximum atomic E-state index is 13.2. The molecule has 2 bridgehead atoms. The molecule has 6 heteroatoms. The van der Waals surface area contributed by atoms with Gasteiger partial charge in [-0.25, -0.2) is 4.79 Å². The molecule has 4 atom stereocenters. The van der Waals surface area contributed by atoms with Gasteiger partial charge in [-0.3, -0.25) is 4.99 Å². The summed E-state index contributed by atoms with van der Waals surface area (Å²) in [6, 6.07) is 4.19. The van der Waals surface area contributed by atoms with Crippen LogP contribution in [-0.4, -0.2) is 43.2 Å². The summed E-state index contributed by atoms with van der Waals surface area (Å²) in [5.74, 6) is 1.04. The van der Waals surface area contributed by atoms with Gasteiger partial charge in [0.1, 0.15) is 5.60 Å². The SMILES string of the molecule is Cc1c(CCB2OC3CC4CC(C4(C)C)[C@]3(C)O2)ccc(C2=CC=NC2)c1C(=O)OC(C)(C)C. The van der Waals surface area contributed by atoms with E-state index in [4.69, 9.17) is 14.0 Å². The first kappa shape index (κ1) is 23.8. The van der Waals surface area contributed by atoms with Gasteiger partial charge >= 0.3 is 13.1 Å². The third kappa shape index (κ3) is 3.87. The largest absolute Gasteiger partial charge is 0.457 e. The quantitative estimate of drug-likeness (QED) is 0.416. The van der Waals surface area contributed by atoms with Crippen molar-refractivity contribution < 1.29 is 18.8 Å². The molecule has 3 unspecified atom stereocenters. The molecule has 2 heterocycles. The zero-order chi connectivity index (χ0) is 24.5. The summed E-state index contributed by atoms with van der Waals surface area (Å²) in [5.41, 5.74) is 4.35. The lowest BCUT2D eigenvalue weighted by atomic mass is 9.43. The van der Waals surface area contributed by atoms with Crippen LogP contribution in [0.1, 0.15) is 81.4 Å². The van der Waals surface area contributed by atoms with Crippen LogP contribution in [0.15, 0.2) is 23.2 Å². The molecule has 5 nitrogen and oxygen atoms in total. The van der Waals surface area contributed by atoms with Crippen LogP contribution >= 0.6 is 0 Å². The second kappa shape index (κ2) is 8.06. The summed E-state index contributed by atoms with van der Waals surface area (Å²) in [7, 11) is -0.194. The molecule has 182 valence electrons. The second-order valence-corrected chi connectivity index (χ2v) is 12.4. The Kier molecular flexibility index (Phi) is 5.64. The average Bonchev–Trinajstić information content (AvgIpc) is 3.37. The van der Waals surface area contributed by atoms with Gasteiger partial charge in [0.15, 0.2) is 0 Å². The van der Waals surface area contributed by atoms with Crippen LogP contribution in [0.3, 0.4) is 0 Å². The molecule has 0 aromatic heterocycles. The molecule has 5 aliphatic rings. The number of benzene rings is 1. The fourth-order valence-corrected chi connectivity index (χ4v) is 6.76. The van der Waals surface area contributed by atoms with E-state index in [1.54, 1.807) is 6.21 Å². The summed E-state index contributed by atoms with van der Waals surface area (Å²) in [6.07, 6.45) is 7.92. The fraction of sp³-hybridized carbons (Fsp3) is 0.643. The Morgan fingerprint density at radius 2 is 2.00 bits per heavy atom. The Hall–Kier alpha value is -1.92. The standard InChI is InChI=1S/C28H38BNO4/c1-17-18(8-9-21(19-11-13-30-16-19)24(17)25(31)32-26(2,3)4)10-12-29-33-23-15-20-14-22(27(20,5)6)28(23,7)34-29/h8-9,11,13,20,22-23H,10,12,14-16H2,1-7H3/t20?,22?,23?,28-/m0/s1. The number of aliphatic imine (C=N–C) groups is 1. The van der Waals surface area contributed by atoms with Crippen LogP contribution in [0.2, 0.25) is 6.32 Å². The van der Waals surface area contributed by atoms with Gasteiger partial charge in [-0.05, 0) is 106 Å². The van der Waals surface area contributed by atoms with Gasteiger partial charge in [0, 0.05) is 6.21 Å². The summed E-state index contributed by atoms with van der Waals surface area (Å²) in [4.78, 5) is 17.6. The number of allylic oxidation sites excluding steroid dienone is 1. The Labute approximate surface area is 204 Å². The van der Waals surface area contributed by atoms with Crippen molar-refractivity contribution in [3.8, 4) is 0 Å².